The zero-order chi connectivity index (χ0) is 29.3. The third kappa shape index (κ3) is 4.93. The fraction of sp³-hybridized carbons (Fsp3) is 0.250. The normalized spacial score (nSPS) is 13.4. The Morgan fingerprint density at radius 3 is 1.16 bits per heavy atom. The molecule has 218 valence electrons. The number of para-hydroxylation sites is 2. The van der Waals surface area contributed by atoms with Gasteiger partial charge in [-0.3, -0.25) is 0 Å². The molecule has 0 saturated heterocycles. The maximum Gasteiger partial charge on any atom is 0.113 e. The van der Waals surface area contributed by atoms with E-state index < -0.39 is 0 Å². The van der Waals surface area contributed by atoms with Crippen LogP contribution < -0.4 is 0 Å². The van der Waals surface area contributed by atoms with Gasteiger partial charge in [-0.2, -0.15) is 30.0 Å². The Balaban J connectivity index is 1.13. The summed E-state index contributed by atoms with van der Waals surface area (Å²) in [6.07, 6.45) is 3.29. The first-order chi connectivity index (χ1) is 21.8. The SMILES string of the molecule is c1ccc2nn(C(CCCn3nnc4ccccc43)C(CCCn3nnc4ccccc43)n3nc4ccccc4n3)nc2c1. The van der Waals surface area contributed by atoms with Gasteiger partial charge in [0.25, 0.3) is 0 Å². The lowest BCUT2D eigenvalue weighted by atomic mass is 9.99. The molecular weight excluding hydrogens is 552 g/mol. The van der Waals surface area contributed by atoms with Crippen LogP contribution >= 0.6 is 0 Å². The van der Waals surface area contributed by atoms with Crippen LogP contribution in [0.5, 0.6) is 0 Å². The Bertz CT molecular complexity index is 1970. The Morgan fingerprint density at radius 1 is 0.432 bits per heavy atom. The Hall–Kier alpha value is -5.52. The topological polar surface area (TPSA) is 123 Å². The molecule has 8 rings (SSSR count). The van der Waals surface area contributed by atoms with Gasteiger partial charge in [0.2, 0.25) is 0 Å². The van der Waals surface area contributed by atoms with Crippen molar-refractivity contribution in [2.45, 2.75) is 50.9 Å². The summed E-state index contributed by atoms with van der Waals surface area (Å²) in [4.78, 5) is 3.77. The molecule has 0 aliphatic carbocycles. The molecule has 0 aliphatic rings. The van der Waals surface area contributed by atoms with Crippen molar-refractivity contribution >= 4 is 44.1 Å². The van der Waals surface area contributed by atoms with Crippen molar-refractivity contribution in [3.8, 4) is 0 Å². The molecule has 0 saturated carbocycles. The van der Waals surface area contributed by atoms with E-state index in [1.807, 2.05) is 104 Å². The largest absolute Gasteiger partial charge is 0.245 e. The summed E-state index contributed by atoms with van der Waals surface area (Å²) < 4.78 is 3.95. The van der Waals surface area contributed by atoms with Crippen LogP contribution in [0.3, 0.4) is 0 Å². The van der Waals surface area contributed by atoms with Crippen molar-refractivity contribution in [2.75, 3.05) is 0 Å². The Labute approximate surface area is 251 Å². The molecule has 0 radical (unpaired) electrons. The van der Waals surface area contributed by atoms with E-state index in [1.165, 1.54) is 0 Å². The smallest absolute Gasteiger partial charge is 0.113 e. The van der Waals surface area contributed by atoms with E-state index in [-0.39, 0.29) is 12.1 Å². The van der Waals surface area contributed by atoms with Gasteiger partial charge >= 0.3 is 0 Å². The molecule has 12 nitrogen and oxygen atoms in total. The molecule has 0 bridgehead atoms. The predicted octanol–water partition coefficient (Wildman–Crippen LogP) is 5.41. The molecule has 12 heteroatoms. The van der Waals surface area contributed by atoms with Crippen LogP contribution in [-0.2, 0) is 13.1 Å². The van der Waals surface area contributed by atoms with E-state index >= 15 is 0 Å². The summed E-state index contributed by atoms with van der Waals surface area (Å²) in [5.74, 6) is 0. The molecule has 2 unspecified atom stereocenters. The molecule has 4 aromatic heterocycles. The first-order valence-electron chi connectivity index (χ1n) is 15.0. The minimum absolute atomic E-state index is 0.105. The molecule has 44 heavy (non-hydrogen) atoms. The van der Waals surface area contributed by atoms with Crippen LogP contribution in [0.2, 0.25) is 0 Å². The number of fused-ring (bicyclic) bond motifs is 4. The van der Waals surface area contributed by atoms with E-state index in [4.69, 9.17) is 20.4 Å². The van der Waals surface area contributed by atoms with Crippen LogP contribution in [0, 0.1) is 0 Å². The average molecular weight is 583 g/mol. The molecule has 4 aromatic carbocycles. The lowest BCUT2D eigenvalue weighted by Gasteiger charge is -2.26. The van der Waals surface area contributed by atoms with Gasteiger partial charge in [-0.15, -0.1) is 10.2 Å². The molecule has 0 N–H and O–H groups in total. The third-order valence-electron chi connectivity index (χ3n) is 8.22. The fourth-order valence-electron chi connectivity index (χ4n) is 6.04. The van der Waals surface area contributed by atoms with E-state index in [9.17, 15) is 0 Å². The summed E-state index contributed by atoms with van der Waals surface area (Å²) in [6, 6.07) is 31.9. The first kappa shape index (κ1) is 26.1. The van der Waals surface area contributed by atoms with Crippen molar-refractivity contribution in [3.05, 3.63) is 97.1 Å². The highest BCUT2D eigenvalue weighted by molar-refractivity contribution is 5.75. The van der Waals surface area contributed by atoms with Gasteiger partial charge in [0.15, 0.2) is 0 Å². The van der Waals surface area contributed by atoms with Gasteiger partial charge in [0.05, 0.1) is 23.1 Å². The summed E-state index contributed by atoms with van der Waals surface area (Å²) >= 11 is 0. The summed E-state index contributed by atoms with van der Waals surface area (Å²) in [5, 5.41) is 37.3. The lowest BCUT2D eigenvalue weighted by molar-refractivity contribution is 0.209. The van der Waals surface area contributed by atoms with Crippen LogP contribution in [0.4, 0.5) is 0 Å². The minimum atomic E-state index is -0.105. The monoisotopic (exact) mass is 582 g/mol. The van der Waals surface area contributed by atoms with Gasteiger partial charge in [-0.1, -0.05) is 59.0 Å². The molecule has 0 spiro atoms. The lowest BCUT2D eigenvalue weighted by Crippen LogP contribution is -2.27. The van der Waals surface area contributed by atoms with Crippen LogP contribution in [0.1, 0.15) is 37.8 Å². The van der Waals surface area contributed by atoms with Gasteiger partial charge in [-0.05, 0) is 74.2 Å². The number of benzene rings is 4. The standard InChI is InChI=1S/C32H30N12/c1-2-12-24-23(11-1)35-43(36-24)31(19-9-21-41-29-17-7-5-15-27(29)33-39-41)32(44-37-25-13-3-4-14-26(25)38-44)20-10-22-42-30-18-8-6-16-28(30)34-40-42/h1-8,11-18,31-32H,9-10,19-22H2. The van der Waals surface area contributed by atoms with Crippen LogP contribution in [0.25, 0.3) is 44.1 Å². The molecule has 0 fully saturated rings. The highest BCUT2D eigenvalue weighted by Gasteiger charge is 2.29. The summed E-state index contributed by atoms with van der Waals surface area (Å²) in [7, 11) is 0. The quantitative estimate of drug-likeness (QED) is 0.198. The number of rotatable bonds is 11. The second-order valence-corrected chi connectivity index (χ2v) is 11.0. The van der Waals surface area contributed by atoms with Crippen molar-refractivity contribution in [1.82, 2.24) is 60.0 Å². The van der Waals surface area contributed by atoms with Crippen LogP contribution in [0.15, 0.2) is 97.1 Å². The zero-order valence-corrected chi connectivity index (χ0v) is 24.0. The van der Waals surface area contributed by atoms with Gasteiger partial charge in [0.1, 0.15) is 33.1 Å². The van der Waals surface area contributed by atoms with E-state index in [1.54, 1.807) is 0 Å². The van der Waals surface area contributed by atoms with Gasteiger partial charge in [-0.25, -0.2) is 9.36 Å². The zero-order valence-electron chi connectivity index (χ0n) is 24.0. The first-order valence-corrected chi connectivity index (χ1v) is 15.0. The second kappa shape index (κ2) is 11.3. The van der Waals surface area contributed by atoms with Gasteiger partial charge in [0, 0.05) is 13.1 Å². The number of hydrogen-bond acceptors (Lipinski definition) is 8. The predicted molar refractivity (Wildman–Crippen MR) is 167 cm³/mol. The van der Waals surface area contributed by atoms with Crippen molar-refractivity contribution in [2.24, 2.45) is 0 Å². The second-order valence-electron chi connectivity index (χ2n) is 11.0. The van der Waals surface area contributed by atoms with Gasteiger partial charge < -0.3 is 0 Å². The molecule has 8 aromatic rings. The third-order valence-corrected chi connectivity index (χ3v) is 8.22. The summed E-state index contributed by atoms with van der Waals surface area (Å²) in [5.41, 5.74) is 7.33. The molecule has 2 atom stereocenters. The van der Waals surface area contributed by atoms with Crippen molar-refractivity contribution < 1.29 is 0 Å². The fourth-order valence-corrected chi connectivity index (χ4v) is 6.04. The Kier molecular flexibility index (Phi) is 6.70. The van der Waals surface area contributed by atoms with E-state index in [0.29, 0.717) is 0 Å². The van der Waals surface area contributed by atoms with Crippen molar-refractivity contribution in [3.63, 3.8) is 0 Å². The number of aryl methyl sites for hydroxylation is 2. The molecule has 4 heterocycles. The average Bonchev–Trinajstić information content (AvgIpc) is 3.86. The van der Waals surface area contributed by atoms with E-state index in [2.05, 4.69) is 32.8 Å². The maximum atomic E-state index is 4.95. The molecule has 0 aliphatic heterocycles. The highest BCUT2D eigenvalue weighted by atomic mass is 15.5. The van der Waals surface area contributed by atoms with E-state index in [0.717, 1.165) is 82.9 Å². The molecular formula is C32H30N12. The maximum absolute atomic E-state index is 4.95. The Morgan fingerprint density at radius 2 is 0.773 bits per heavy atom. The number of nitrogens with zero attached hydrogens (tertiary/aromatic N) is 12. The molecule has 0 amide bonds. The number of hydrogen-bond donors (Lipinski definition) is 0. The van der Waals surface area contributed by atoms with Crippen LogP contribution in [-0.4, -0.2) is 60.0 Å². The number of aromatic nitrogens is 12. The summed E-state index contributed by atoms with van der Waals surface area (Å²) in [6.45, 7) is 1.45. The minimum Gasteiger partial charge on any atom is -0.245 e. The van der Waals surface area contributed by atoms with Crippen molar-refractivity contribution in [1.29, 1.82) is 0 Å². The highest BCUT2D eigenvalue weighted by Crippen LogP contribution is 2.32.